The molecule has 0 amide bonds. The standard InChI is InChI=1S/C12H24O2/c1-6-9(3)11(7-2)12(14-5)8-10(4)13/h9,11-12H,6-8H2,1-5H3/t9-,11-,12-/m0/s1. The van der Waals surface area contributed by atoms with Gasteiger partial charge in [0.2, 0.25) is 0 Å². The lowest BCUT2D eigenvalue weighted by molar-refractivity contribution is -0.120. The van der Waals surface area contributed by atoms with Crippen molar-refractivity contribution < 1.29 is 9.53 Å². The van der Waals surface area contributed by atoms with Gasteiger partial charge in [0.25, 0.3) is 0 Å². The lowest BCUT2D eigenvalue weighted by atomic mass is 9.83. The Kier molecular flexibility index (Phi) is 6.81. The summed E-state index contributed by atoms with van der Waals surface area (Å²) in [5.41, 5.74) is 0. The van der Waals surface area contributed by atoms with Crippen molar-refractivity contribution >= 4 is 5.78 Å². The molecular formula is C12H24O2. The molecule has 0 fully saturated rings. The maximum atomic E-state index is 11.1. The summed E-state index contributed by atoms with van der Waals surface area (Å²) >= 11 is 0. The predicted octanol–water partition coefficient (Wildman–Crippen LogP) is 3.05. The van der Waals surface area contributed by atoms with Crippen LogP contribution in [0.5, 0.6) is 0 Å². The molecular weight excluding hydrogens is 176 g/mol. The molecule has 0 aromatic heterocycles. The summed E-state index contributed by atoms with van der Waals surface area (Å²) in [7, 11) is 1.71. The molecule has 0 spiro atoms. The molecule has 0 aromatic rings. The fourth-order valence-corrected chi connectivity index (χ4v) is 2.03. The maximum Gasteiger partial charge on any atom is 0.132 e. The second-order valence-electron chi connectivity index (χ2n) is 4.14. The summed E-state index contributed by atoms with van der Waals surface area (Å²) in [6.45, 7) is 8.23. The van der Waals surface area contributed by atoms with Crippen LogP contribution in [0.4, 0.5) is 0 Å². The molecule has 2 heteroatoms. The summed E-state index contributed by atoms with van der Waals surface area (Å²) in [5.74, 6) is 1.36. The van der Waals surface area contributed by atoms with Crippen LogP contribution in [-0.2, 0) is 9.53 Å². The second-order valence-corrected chi connectivity index (χ2v) is 4.14. The molecule has 0 radical (unpaired) electrons. The molecule has 2 nitrogen and oxygen atoms in total. The van der Waals surface area contributed by atoms with Crippen molar-refractivity contribution in [3.05, 3.63) is 0 Å². The summed E-state index contributed by atoms with van der Waals surface area (Å²) < 4.78 is 5.42. The monoisotopic (exact) mass is 200 g/mol. The lowest BCUT2D eigenvalue weighted by Gasteiger charge is -2.29. The molecule has 0 saturated heterocycles. The van der Waals surface area contributed by atoms with Crippen LogP contribution in [0, 0.1) is 11.8 Å². The van der Waals surface area contributed by atoms with E-state index in [0.29, 0.717) is 18.3 Å². The average Bonchev–Trinajstić information content (AvgIpc) is 2.16. The van der Waals surface area contributed by atoms with Gasteiger partial charge in [-0.2, -0.15) is 0 Å². The Hall–Kier alpha value is -0.370. The molecule has 0 bridgehead atoms. The number of carbonyl (C=O) groups is 1. The molecule has 84 valence electrons. The first-order chi connectivity index (χ1) is 6.56. The van der Waals surface area contributed by atoms with Crippen molar-refractivity contribution in [2.45, 2.75) is 53.1 Å². The van der Waals surface area contributed by atoms with Crippen LogP contribution in [0.15, 0.2) is 0 Å². The van der Waals surface area contributed by atoms with Crippen LogP contribution in [-0.4, -0.2) is 19.0 Å². The third kappa shape index (κ3) is 4.23. The zero-order valence-electron chi connectivity index (χ0n) is 10.2. The first-order valence-corrected chi connectivity index (χ1v) is 5.58. The van der Waals surface area contributed by atoms with Crippen LogP contribution in [0.2, 0.25) is 0 Å². The smallest absolute Gasteiger partial charge is 0.132 e. The Morgan fingerprint density at radius 1 is 1.29 bits per heavy atom. The van der Waals surface area contributed by atoms with E-state index in [4.69, 9.17) is 4.74 Å². The van der Waals surface area contributed by atoms with Crippen molar-refractivity contribution in [1.29, 1.82) is 0 Å². The number of methoxy groups -OCH3 is 1. The zero-order chi connectivity index (χ0) is 11.1. The number of ether oxygens (including phenoxy) is 1. The minimum atomic E-state index is 0.104. The van der Waals surface area contributed by atoms with Crippen LogP contribution >= 0.6 is 0 Å². The molecule has 0 unspecified atom stereocenters. The molecule has 0 aliphatic carbocycles. The van der Waals surface area contributed by atoms with Gasteiger partial charge in [0.1, 0.15) is 5.78 Å². The van der Waals surface area contributed by atoms with Crippen LogP contribution in [0.1, 0.15) is 47.0 Å². The fourth-order valence-electron chi connectivity index (χ4n) is 2.03. The van der Waals surface area contributed by atoms with E-state index in [1.807, 2.05) is 0 Å². The Morgan fingerprint density at radius 2 is 1.86 bits per heavy atom. The number of carbonyl (C=O) groups excluding carboxylic acids is 1. The van der Waals surface area contributed by atoms with E-state index in [0.717, 1.165) is 12.8 Å². The molecule has 0 aliphatic heterocycles. The highest BCUT2D eigenvalue weighted by Crippen LogP contribution is 2.26. The first-order valence-electron chi connectivity index (χ1n) is 5.58. The predicted molar refractivity (Wildman–Crippen MR) is 59.3 cm³/mol. The highest BCUT2D eigenvalue weighted by Gasteiger charge is 2.25. The highest BCUT2D eigenvalue weighted by molar-refractivity contribution is 5.76. The van der Waals surface area contributed by atoms with Gasteiger partial charge in [-0.25, -0.2) is 0 Å². The van der Waals surface area contributed by atoms with Gasteiger partial charge in [-0.15, -0.1) is 0 Å². The third-order valence-corrected chi connectivity index (χ3v) is 3.12. The SMILES string of the molecule is CC[C@H]([C@H](CC(C)=O)OC)[C@@H](C)CC. The van der Waals surface area contributed by atoms with Gasteiger partial charge in [0.15, 0.2) is 0 Å². The van der Waals surface area contributed by atoms with Gasteiger partial charge in [-0.3, -0.25) is 4.79 Å². The van der Waals surface area contributed by atoms with E-state index < -0.39 is 0 Å². The minimum absolute atomic E-state index is 0.104. The molecule has 0 N–H and O–H groups in total. The Bertz CT molecular complexity index is 166. The average molecular weight is 200 g/mol. The summed E-state index contributed by atoms with van der Waals surface area (Å²) in [5, 5.41) is 0. The van der Waals surface area contributed by atoms with E-state index in [2.05, 4.69) is 20.8 Å². The van der Waals surface area contributed by atoms with E-state index >= 15 is 0 Å². The van der Waals surface area contributed by atoms with Crippen molar-refractivity contribution in [2.75, 3.05) is 7.11 Å². The van der Waals surface area contributed by atoms with E-state index in [1.165, 1.54) is 0 Å². The van der Waals surface area contributed by atoms with E-state index in [9.17, 15) is 4.79 Å². The highest BCUT2D eigenvalue weighted by atomic mass is 16.5. The summed E-state index contributed by atoms with van der Waals surface area (Å²) in [4.78, 5) is 11.1. The minimum Gasteiger partial charge on any atom is -0.381 e. The Balaban J connectivity index is 4.35. The quantitative estimate of drug-likeness (QED) is 0.631. The fraction of sp³-hybridized carbons (Fsp3) is 0.917. The van der Waals surface area contributed by atoms with Crippen LogP contribution < -0.4 is 0 Å². The van der Waals surface area contributed by atoms with Crippen LogP contribution in [0.25, 0.3) is 0 Å². The Morgan fingerprint density at radius 3 is 2.14 bits per heavy atom. The molecule has 0 aliphatic rings. The molecule has 3 atom stereocenters. The lowest BCUT2D eigenvalue weighted by Crippen LogP contribution is -2.29. The van der Waals surface area contributed by atoms with Gasteiger partial charge in [-0.05, 0) is 18.8 Å². The third-order valence-electron chi connectivity index (χ3n) is 3.12. The number of Topliss-reactive ketones (excluding diaryl/α,β-unsaturated/α-hetero) is 1. The number of hydrogen-bond donors (Lipinski definition) is 0. The van der Waals surface area contributed by atoms with Crippen LogP contribution in [0.3, 0.4) is 0 Å². The van der Waals surface area contributed by atoms with Crippen molar-refractivity contribution in [2.24, 2.45) is 11.8 Å². The van der Waals surface area contributed by atoms with Gasteiger partial charge >= 0.3 is 0 Å². The van der Waals surface area contributed by atoms with Gasteiger partial charge in [0, 0.05) is 13.5 Å². The second kappa shape index (κ2) is 6.99. The first kappa shape index (κ1) is 13.6. The summed E-state index contributed by atoms with van der Waals surface area (Å²) in [6.07, 6.45) is 2.89. The summed E-state index contributed by atoms with van der Waals surface area (Å²) in [6, 6.07) is 0. The number of hydrogen-bond acceptors (Lipinski definition) is 2. The molecule has 0 saturated carbocycles. The van der Waals surface area contributed by atoms with E-state index in [1.54, 1.807) is 14.0 Å². The van der Waals surface area contributed by atoms with Gasteiger partial charge in [-0.1, -0.05) is 33.6 Å². The maximum absolute atomic E-state index is 11.1. The zero-order valence-corrected chi connectivity index (χ0v) is 10.2. The molecule has 0 heterocycles. The Labute approximate surface area is 88.0 Å². The van der Waals surface area contributed by atoms with Crippen molar-refractivity contribution in [3.8, 4) is 0 Å². The number of rotatable bonds is 7. The van der Waals surface area contributed by atoms with E-state index in [-0.39, 0.29) is 11.9 Å². The largest absolute Gasteiger partial charge is 0.381 e. The molecule has 14 heavy (non-hydrogen) atoms. The number of ketones is 1. The van der Waals surface area contributed by atoms with Crippen molar-refractivity contribution in [1.82, 2.24) is 0 Å². The van der Waals surface area contributed by atoms with Gasteiger partial charge in [0.05, 0.1) is 6.10 Å². The molecule has 0 aromatic carbocycles. The van der Waals surface area contributed by atoms with Crippen molar-refractivity contribution in [3.63, 3.8) is 0 Å². The van der Waals surface area contributed by atoms with Gasteiger partial charge < -0.3 is 4.74 Å². The molecule has 0 rings (SSSR count). The topological polar surface area (TPSA) is 26.3 Å². The normalized spacial score (nSPS) is 17.5.